The van der Waals surface area contributed by atoms with Gasteiger partial charge in [0, 0.05) is 11.4 Å². The molecule has 0 aliphatic heterocycles. The molecule has 0 saturated carbocycles. The van der Waals surface area contributed by atoms with Crippen molar-refractivity contribution in [2.24, 2.45) is 0 Å². The Morgan fingerprint density at radius 3 is 2.09 bits per heavy atom. The minimum Gasteiger partial charge on any atom is -0.492 e. The third-order valence-electron chi connectivity index (χ3n) is 4.78. The molecule has 176 valence electrons. The SMILES string of the molecule is O=C(CCCOc1ccc(Cl)cc1Cl)NC(=S)NNC(=O)C(c1ccccc1)c1ccccc1. The topological polar surface area (TPSA) is 79.5 Å². The number of rotatable bonds is 8. The number of carbonyl (C=O) groups is 2. The second-order valence-electron chi connectivity index (χ2n) is 7.27. The smallest absolute Gasteiger partial charge is 0.250 e. The molecule has 0 aromatic heterocycles. The van der Waals surface area contributed by atoms with Gasteiger partial charge in [0.1, 0.15) is 5.75 Å². The number of halogens is 2. The number of hydrogen-bond acceptors (Lipinski definition) is 4. The fourth-order valence-corrected chi connectivity index (χ4v) is 3.83. The summed E-state index contributed by atoms with van der Waals surface area (Å²) >= 11 is 17.0. The van der Waals surface area contributed by atoms with Gasteiger partial charge in [0.2, 0.25) is 11.8 Å². The molecule has 0 aliphatic carbocycles. The van der Waals surface area contributed by atoms with Crippen LogP contribution in [-0.4, -0.2) is 23.5 Å². The number of benzene rings is 3. The molecule has 0 spiro atoms. The van der Waals surface area contributed by atoms with Crippen molar-refractivity contribution >= 4 is 52.3 Å². The summed E-state index contributed by atoms with van der Waals surface area (Å²) in [5.74, 6) is -0.648. The average Bonchev–Trinajstić information content (AvgIpc) is 2.83. The molecule has 2 amide bonds. The van der Waals surface area contributed by atoms with Crippen LogP contribution in [-0.2, 0) is 9.59 Å². The Hall–Kier alpha value is -3.13. The maximum atomic E-state index is 12.9. The van der Waals surface area contributed by atoms with Crippen LogP contribution in [0.5, 0.6) is 5.75 Å². The van der Waals surface area contributed by atoms with Gasteiger partial charge >= 0.3 is 0 Å². The van der Waals surface area contributed by atoms with E-state index in [0.29, 0.717) is 28.8 Å². The van der Waals surface area contributed by atoms with Crippen LogP contribution in [0, 0.1) is 0 Å². The fraction of sp³-hybridized carbons (Fsp3) is 0.160. The number of carbonyl (C=O) groups excluding carboxylic acids is 2. The van der Waals surface area contributed by atoms with Crippen molar-refractivity contribution in [3.8, 4) is 5.75 Å². The van der Waals surface area contributed by atoms with Gasteiger partial charge in [-0.3, -0.25) is 20.4 Å². The van der Waals surface area contributed by atoms with Gasteiger partial charge in [0.25, 0.3) is 0 Å². The molecule has 0 fully saturated rings. The largest absolute Gasteiger partial charge is 0.492 e. The summed E-state index contributed by atoms with van der Waals surface area (Å²) in [4.78, 5) is 25.1. The number of hydrogen-bond donors (Lipinski definition) is 3. The molecule has 3 rings (SSSR count). The van der Waals surface area contributed by atoms with Gasteiger partial charge in [-0.15, -0.1) is 0 Å². The lowest BCUT2D eigenvalue weighted by atomic mass is 9.91. The molecule has 0 aliphatic rings. The van der Waals surface area contributed by atoms with Gasteiger partial charge in [-0.25, -0.2) is 0 Å². The first-order valence-corrected chi connectivity index (χ1v) is 11.7. The molecule has 0 atom stereocenters. The van der Waals surface area contributed by atoms with E-state index in [1.54, 1.807) is 18.2 Å². The van der Waals surface area contributed by atoms with Crippen LogP contribution >= 0.6 is 35.4 Å². The van der Waals surface area contributed by atoms with E-state index < -0.39 is 5.92 Å². The van der Waals surface area contributed by atoms with Crippen molar-refractivity contribution < 1.29 is 14.3 Å². The Bertz CT molecular complexity index is 1090. The Morgan fingerprint density at radius 1 is 0.882 bits per heavy atom. The Labute approximate surface area is 213 Å². The maximum absolute atomic E-state index is 12.9. The van der Waals surface area contributed by atoms with E-state index in [4.69, 9.17) is 40.2 Å². The van der Waals surface area contributed by atoms with E-state index in [2.05, 4.69) is 16.2 Å². The molecule has 6 nitrogen and oxygen atoms in total. The van der Waals surface area contributed by atoms with Crippen molar-refractivity contribution in [2.75, 3.05) is 6.61 Å². The minimum atomic E-state index is -0.537. The molecule has 0 unspecified atom stereocenters. The van der Waals surface area contributed by atoms with E-state index >= 15 is 0 Å². The van der Waals surface area contributed by atoms with E-state index in [-0.39, 0.29) is 23.3 Å². The molecule has 0 heterocycles. The number of hydrazine groups is 1. The summed E-state index contributed by atoms with van der Waals surface area (Å²) in [7, 11) is 0. The fourth-order valence-electron chi connectivity index (χ4n) is 3.20. The number of thiocarbonyl (C=S) groups is 1. The van der Waals surface area contributed by atoms with E-state index in [1.165, 1.54) is 0 Å². The zero-order valence-electron chi connectivity index (χ0n) is 18.1. The van der Waals surface area contributed by atoms with Gasteiger partial charge in [-0.05, 0) is 48.0 Å². The summed E-state index contributed by atoms with van der Waals surface area (Å²) in [6.45, 7) is 0.293. The molecule has 0 saturated heterocycles. The van der Waals surface area contributed by atoms with Gasteiger partial charge in [-0.1, -0.05) is 83.9 Å². The minimum absolute atomic E-state index is 0.000104. The molecule has 34 heavy (non-hydrogen) atoms. The maximum Gasteiger partial charge on any atom is 0.250 e. The van der Waals surface area contributed by atoms with Crippen molar-refractivity contribution in [3.05, 3.63) is 100 Å². The summed E-state index contributed by atoms with van der Waals surface area (Å²) in [6, 6.07) is 23.8. The quantitative estimate of drug-likeness (QED) is 0.223. The molecule has 3 aromatic carbocycles. The van der Waals surface area contributed by atoms with Crippen molar-refractivity contribution in [2.45, 2.75) is 18.8 Å². The van der Waals surface area contributed by atoms with E-state index in [0.717, 1.165) is 11.1 Å². The predicted octanol–water partition coefficient (Wildman–Crippen LogP) is 5.01. The molecule has 0 radical (unpaired) electrons. The van der Waals surface area contributed by atoms with Crippen molar-refractivity contribution in [1.29, 1.82) is 0 Å². The van der Waals surface area contributed by atoms with Crippen LogP contribution in [0.25, 0.3) is 0 Å². The lowest BCUT2D eigenvalue weighted by Crippen LogP contribution is -2.49. The number of ether oxygens (including phenoxy) is 1. The van der Waals surface area contributed by atoms with Crippen LogP contribution in [0.3, 0.4) is 0 Å². The first-order chi connectivity index (χ1) is 16.4. The zero-order valence-corrected chi connectivity index (χ0v) is 20.4. The van der Waals surface area contributed by atoms with Crippen LogP contribution in [0.1, 0.15) is 29.9 Å². The monoisotopic (exact) mass is 515 g/mol. The lowest BCUT2D eigenvalue weighted by molar-refractivity contribution is -0.123. The zero-order chi connectivity index (χ0) is 24.3. The second kappa shape index (κ2) is 12.9. The summed E-state index contributed by atoms with van der Waals surface area (Å²) < 4.78 is 5.56. The third-order valence-corrected chi connectivity index (χ3v) is 5.51. The summed E-state index contributed by atoms with van der Waals surface area (Å²) in [6.07, 6.45) is 0.626. The Kier molecular flexibility index (Phi) is 9.70. The Morgan fingerprint density at radius 2 is 1.50 bits per heavy atom. The van der Waals surface area contributed by atoms with Gasteiger partial charge in [0.05, 0.1) is 17.5 Å². The Balaban J connectivity index is 1.44. The highest BCUT2D eigenvalue weighted by molar-refractivity contribution is 7.80. The molecule has 3 N–H and O–H groups in total. The van der Waals surface area contributed by atoms with Crippen LogP contribution in [0.15, 0.2) is 78.9 Å². The standard InChI is InChI=1S/C25H23Cl2N3O3S/c26-19-13-14-21(20(27)16-19)33-15-7-12-22(31)28-25(34)30-29-24(32)23(17-8-3-1-4-9-17)18-10-5-2-6-11-18/h1-6,8-11,13-14,16,23H,7,12,15H2,(H,29,32)(H2,28,30,31,34). The third kappa shape index (κ3) is 7.73. The van der Waals surface area contributed by atoms with E-state index in [1.807, 2.05) is 60.7 Å². The lowest BCUT2D eigenvalue weighted by Gasteiger charge is -2.19. The van der Waals surface area contributed by atoms with E-state index in [9.17, 15) is 9.59 Å². The van der Waals surface area contributed by atoms with Crippen LogP contribution in [0.4, 0.5) is 0 Å². The highest BCUT2D eigenvalue weighted by atomic mass is 35.5. The summed E-state index contributed by atoms with van der Waals surface area (Å²) in [5.41, 5.74) is 6.86. The van der Waals surface area contributed by atoms with Gasteiger partial charge in [0.15, 0.2) is 5.11 Å². The first kappa shape index (κ1) is 25.5. The number of nitrogens with one attached hydrogen (secondary N) is 3. The molecular weight excluding hydrogens is 493 g/mol. The molecular formula is C25H23Cl2N3O3S. The van der Waals surface area contributed by atoms with Crippen molar-refractivity contribution in [1.82, 2.24) is 16.2 Å². The molecule has 3 aromatic rings. The highest BCUT2D eigenvalue weighted by Crippen LogP contribution is 2.27. The summed E-state index contributed by atoms with van der Waals surface area (Å²) in [5, 5.41) is 3.46. The van der Waals surface area contributed by atoms with Gasteiger partial charge < -0.3 is 10.1 Å². The van der Waals surface area contributed by atoms with Gasteiger partial charge in [-0.2, -0.15) is 0 Å². The van der Waals surface area contributed by atoms with Crippen LogP contribution in [0.2, 0.25) is 10.0 Å². The molecule has 0 bridgehead atoms. The van der Waals surface area contributed by atoms with Crippen molar-refractivity contribution in [3.63, 3.8) is 0 Å². The normalized spacial score (nSPS) is 10.4. The van der Waals surface area contributed by atoms with Crippen LogP contribution < -0.4 is 20.9 Å². The number of amides is 2. The molecule has 9 heteroatoms. The highest BCUT2D eigenvalue weighted by Gasteiger charge is 2.22. The second-order valence-corrected chi connectivity index (χ2v) is 8.52. The first-order valence-electron chi connectivity index (χ1n) is 10.5. The predicted molar refractivity (Wildman–Crippen MR) is 138 cm³/mol. The average molecular weight is 516 g/mol.